The highest BCUT2D eigenvalue weighted by Gasteiger charge is 2.34. The largest absolute Gasteiger partial charge is 0.355 e. The normalized spacial score (nSPS) is 35.4. The molecule has 1 amide bonds. The molecule has 2 aliphatic rings. The predicted octanol–water partition coefficient (Wildman–Crippen LogP) is 2.45. The van der Waals surface area contributed by atoms with Crippen molar-refractivity contribution >= 4 is 5.91 Å². The number of carbonyl (C=O) groups is 1. The van der Waals surface area contributed by atoms with Gasteiger partial charge in [0.25, 0.3) is 0 Å². The smallest absolute Gasteiger partial charge is 0.224 e. The van der Waals surface area contributed by atoms with E-state index < -0.39 is 0 Å². The minimum atomic E-state index is 0.0405. The molecule has 3 unspecified atom stereocenters. The lowest BCUT2D eigenvalue weighted by molar-refractivity contribution is -0.127. The molecule has 0 aliphatic heterocycles. The second kappa shape index (κ2) is 5.60. The van der Waals surface area contributed by atoms with Crippen molar-refractivity contribution in [3.8, 4) is 0 Å². The second-order valence-electron chi connectivity index (χ2n) is 6.92. The Hall–Kier alpha value is -0.570. The van der Waals surface area contributed by atoms with Gasteiger partial charge in [-0.15, -0.1) is 0 Å². The van der Waals surface area contributed by atoms with Gasteiger partial charge in [-0.25, -0.2) is 0 Å². The number of nitrogens with two attached hydrogens (primary N) is 1. The van der Waals surface area contributed by atoms with Crippen LogP contribution in [0.15, 0.2) is 0 Å². The summed E-state index contributed by atoms with van der Waals surface area (Å²) in [6.45, 7) is 5.36. The van der Waals surface area contributed by atoms with E-state index in [1.807, 2.05) is 0 Å². The van der Waals surface area contributed by atoms with Crippen molar-refractivity contribution in [1.29, 1.82) is 0 Å². The number of hydrogen-bond acceptors (Lipinski definition) is 2. The summed E-state index contributed by atoms with van der Waals surface area (Å²) < 4.78 is 0. The van der Waals surface area contributed by atoms with E-state index in [0.717, 1.165) is 19.4 Å². The highest BCUT2D eigenvalue weighted by molar-refractivity contribution is 5.79. The zero-order valence-electron chi connectivity index (χ0n) is 11.9. The van der Waals surface area contributed by atoms with Crippen molar-refractivity contribution in [2.45, 2.75) is 64.8 Å². The van der Waals surface area contributed by atoms with Gasteiger partial charge in [0.15, 0.2) is 0 Å². The molecular weight excluding hydrogens is 224 g/mol. The fourth-order valence-corrected chi connectivity index (χ4v) is 3.54. The Balaban J connectivity index is 1.83. The lowest BCUT2D eigenvalue weighted by Gasteiger charge is -2.32. The van der Waals surface area contributed by atoms with E-state index in [4.69, 9.17) is 5.73 Å². The van der Waals surface area contributed by atoms with Crippen LogP contribution in [0.3, 0.4) is 0 Å². The van der Waals surface area contributed by atoms with Crippen LogP contribution in [-0.4, -0.2) is 18.5 Å². The van der Waals surface area contributed by atoms with Gasteiger partial charge in [0.2, 0.25) is 5.91 Å². The third-order valence-corrected chi connectivity index (χ3v) is 5.00. The lowest BCUT2D eigenvalue weighted by atomic mass is 9.78. The minimum absolute atomic E-state index is 0.0405. The topological polar surface area (TPSA) is 55.1 Å². The van der Waals surface area contributed by atoms with Crippen molar-refractivity contribution in [2.24, 2.45) is 23.0 Å². The second-order valence-corrected chi connectivity index (χ2v) is 6.92. The van der Waals surface area contributed by atoms with Gasteiger partial charge in [0.1, 0.15) is 0 Å². The first kappa shape index (κ1) is 13.9. The van der Waals surface area contributed by atoms with Crippen molar-refractivity contribution in [3.05, 3.63) is 0 Å². The molecule has 2 rings (SSSR count). The van der Waals surface area contributed by atoms with Gasteiger partial charge in [0, 0.05) is 12.6 Å². The molecule has 18 heavy (non-hydrogen) atoms. The van der Waals surface area contributed by atoms with Gasteiger partial charge in [-0.05, 0) is 43.4 Å². The Bertz CT molecular complexity index is 297. The quantitative estimate of drug-likeness (QED) is 0.810. The molecule has 3 heteroatoms. The fraction of sp³-hybridized carbons (Fsp3) is 0.933. The molecule has 104 valence electrons. The number of hydrogen-bond donors (Lipinski definition) is 2. The van der Waals surface area contributed by atoms with Gasteiger partial charge in [-0.2, -0.15) is 0 Å². The Morgan fingerprint density at radius 1 is 1.33 bits per heavy atom. The molecule has 3 N–H and O–H groups in total. The van der Waals surface area contributed by atoms with Crippen LogP contribution in [-0.2, 0) is 4.79 Å². The van der Waals surface area contributed by atoms with Crippen LogP contribution in [0.25, 0.3) is 0 Å². The number of nitrogens with one attached hydrogen (secondary N) is 1. The van der Waals surface area contributed by atoms with Crippen molar-refractivity contribution < 1.29 is 4.79 Å². The van der Waals surface area contributed by atoms with Crippen LogP contribution in [0.2, 0.25) is 0 Å². The van der Waals surface area contributed by atoms with Gasteiger partial charge >= 0.3 is 0 Å². The predicted molar refractivity (Wildman–Crippen MR) is 74.1 cm³/mol. The summed E-state index contributed by atoms with van der Waals surface area (Å²) in [5.41, 5.74) is 6.43. The Kier molecular flexibility index (Phi) is 4.31. The molecule has 0 aromatic rings. The summed E-state index contributed by atoms with van der Waals surface area (Å²) in [7, 11) is 0. The molecule has 0 spiro atoms. The molecule has 0 heterocycles. The van der Waals surface area contributed by atoms with Gasteiger partial charge in [-0.1, -0.05) is 26.7 Å². The van der Waals surface area contributed by atoms with E-state index in [0.29, 0.717) is 11.3 Å². The summed E-state index contributed by atoms with van der Waals surface area (Å²) in [4.78, 5) is 12.3. The molecular formula is C15H28N2O. The van der Waals surface area contributed by atoms with E-state index in [9.17, 15) is 4.79 Å². The first-order valence-electron chi connectivity index (χ1n) is 7.53. The Morgan fingerprint density at radius 3 is 2.67 bits per heavy atom. The molecule has 3 atom stereocenters. The summed E-state index contributed by atoms with van der Waals surface area (Å²) in [5.74, 6) is 0.878. The highest BCUT2D eigenvalue weighted by atomic mass is 16.1. The molecule has 0 bridgehead atoms. The molecule has 2 aliphatic carbocycles. The molecule has 0 saturated heterocycles. The first-order chi connectivity index (χ1) is 8.50. The molecule has 0 aromatic heterocycles. The molecule has 0 aromatic carbocycles. The van der Waals surface area contributed by atoms with Gasteiger partial charge in [-0.3, -0.25) is 4.79 Å². The third-order valence-electron chi connectivity index (χ3n) is 5.00. The van der Waals surface area contributed by atoms with Gasteiger partial charge in [0.05, 0.1) is 5.92 Å². The van der Waals surface area contributed by atoms with E-state index in [2.05, 4.69) is 19.2 Å². The van der Waals surface area contributed by atoms with Crippen molar-refractivity contribution in [2.75, 3.05) is 6.54 Å². The van der Waals surface area contributed by atoms with Crippen LogP contribution < -0.4 is 11.1 Å². The summed E-state index contributed by atoms with van der Waals surface area (Å²) >= 11 is 0. The maximum atomic E-state index is 12.3. The maximum Gasteiger partial charge on any atom is 0.224 e. The maximum absolute atomic E-state index is 12.3. The standard InChI is InChI=1S/C15H28N2O/c1-11-5-6-13(16)12(9-11)14(18)17-10-15(2)7-3-4-8-15/h11-13H,3-10,16H2,1-2H3,(H,17,18). The minimum Gasteiger partial charge on any atom is -0.355 e. The van der Waals surface area contributed by atoms with Crippen molar-refractivity contribution in [1.82, 2.24) is 5.32 Å². The van der Waals surface area contributed by atoms with Crippen LogP contribution in [0.1, 0.15) is 58.8 Å². The average Bonchev–Trinajstić information content (AvgIpc) is 2.77. The molecule has 2 saturated carbocycles. The zero-order valence-corrected chi connectivity index (χ0v) is 11.9. The number of amides is 1. The van der Waals surface area contributed by atoms with E-state index in [1.165, 1.54) is 32.1 Å². The van der Waals surface area contributed by atoms with Crippen LogP contribution in [0.4, 0.5) is 0 Å². The van der Waals surface area contributed by atoms with Crippen molar-refractivity contribution in [3.63, 3.8) is 0 Å². The SMILES string of the molecule is CC1CCC(N)C(C(=O)NCC2(C)CCCC2)C1. The number of rotatable bonds is 3. The van der Waals surface area contributed by atoms with Crippen LogP contribution in [0, 0.1) is 17.3 Å². The molecule has 3 nitrogen and oxygen atoms in total. The summed E-state index contributed by atoms with van der Waals surface area (Å²) in [5, 5.41) is 3.17. The summed E-state index contributed by atoms with van der Waals surface area (Å²) in [6.07, 6.45) is 8.25. The molecule has 2 fully saturated rings. The van der Waals surface area contributed by atoms with Gasteiger partial charge < -0.3 is 11.1 Å². The van der Waals surface area contributed by atoms with E-state index >= 15 is 0 Å². The zero-order chi connectivity index (χ0) is 13.2. The monoisotopic (exact) mass is 252 g/mol. The highest BCUT2D eigenvalue weighted by Crippen LogP contribution is 2.37. The first-order valence-corrected chi connectivity index (χ1v) is 7.53. The Morgan fingerprint density at radius 2 is 2.00 bits per heavy atom. The van der Waals surface area contributed by atoms with E-state index in [-0.39, 0.29) is 17.9 Å². The fourth-order valence-electron chi connectivity index (χ4n) is 3.54. The number of carbonyl (C=O) groups excluding carboxylic acids is 1. The van der Waals surface area contributed by atoms with Crippen LogP contribution >= 0.6 is 0 Å². The third kappa shape index (κ3) is 3.25. The molecule has 0 radical (unpaired) electrons. The van der Waals surface area contributed by atoms with Crippen LogP contribution in [0.5, 0.6) is 0 Å². The average molecular weight is 252 g/mol. The Labute approximate surface area is 111 Å². The summed E-state index contributed by atoms with van der Waals surface area (Å²) in [6, 6.07) is 0.0672. The van der Waals surface area contributed by atoms with E-state index in [1.54, 1.807) is 0 Å². The lowest BCUT2D eigenvalue weighted by Crippen LogP contribution is -2.47.